The first-order chi connectivity index (χ1) is 12.9. The van der Waals surface area contributed by atoms with Crippen molar-refractivity contribution in [2.45, 2.75) is 32.3 Å². The number of anilines is 2. The average molecular weight is 372 g/mol. The Hall–Kier alpha value is -2.41. The second-order valence-electron chi connectivity index (χ2n) is 7.86. The molecule has 2 saturated heterocycles. The Kier molecular flexibility index (Phi) is 4.42. The van der Waals surface area contributed by atoms with E-state index >= 15 is 0 Å². The summed E-state index contributed by atoms with van der Waals surface area (Å²) in [6.45, 7) is 4.57. The van der Waals surface area contributed by atoms with Crippen molar-refractivity contribution >= 4 is 11.8 Å². The van der Waals surface area contributed by atoms with Crippen LogP contribution in [-0.2, 0) is 11.8 Å². The van der Waals surface area contributed by atoms with E-state index in [2.05, 4.69) is 16.8 Å². The number of nitrogens with zero attached hydrogens (tertiary/aromatic N) is 3. The first kappa shape index (κ1) is 18.0. The fourth-order valence-corrected chi connectivity index (χ4v) is 4.38. The van der Waals surface area contributed by atoms with Crippen LogP contribution in [0.3, 0.4) is 0 Å². The summed E-state index contributed by atoms with van der Waals surface area (Å²) in [6, 6.07) is 5.87. The standard InChI is InChI=1S/C20H25FN4O2/c1-13-11-20(12-27-13)6-8-25(9-7-20)19-23-17(22)16(18(26)24(19)2)14-4-3-5-15(21)10-14/h3-5,10,13H,6-9,11-12,22H2,1-2H3/t13-/m0/s1. The lowest BCUT2D eigenvalue weighted by Gasteiger charge is -2.39. The molecule has 1 aromatic carbocycles. The Balaban J connectivity index is 1.63. The van der Waals surface area contributed by atoms with Gasteiger partial charge in [-0.3, -0.25) is 9.36 Å². The maximum Gasteiger partial charge on any atom is 0.264 e. The minimum absolute atomic E-state index is 0.136. The van der Waals surface area contributed by atoms with E-state index in [1.807, 2.05) is 0 Å². The molecule has 27 heavy (non-hydrogen) atoms. The van der Waals surface area contributed by atoms with E-state index in [4.69, 9.17) is 10.5 Å². The van der Waals surface area contributed by atoms with Gasteiger partial charge in [0.25, 0.3) is 5.56 Å². The summed E-state index contributed by atoms with van der Waals surface area (Å²) in [6.07, 6.45) is 3.44. The van der Waals surface area contributed by atoms with Crippen LogP contribution in [0.15, 0.2) is 29.1 Å². The lowest BCUT2D eigenvalue weighted by molar-refractivity contribution is 0.0974. The molecular weight excluding hydrogens is 347 g/mol. The van der Waals surface area contributed by atoms with Crippen molar-refractivity contribution in [1.82, 2.24) is 9.55 Å². The molecule has 2 aromatic rings. The molecule has 0 saturated carbocycles. The third-order valence-corrected chi connectivity index (χ3v) is 5.91. The van der Waals surface area contributed by atoms with Gasteiger partial charge in [0, 0.05) is 20.1 Å². The number of piperidine rings is 1. The molecule has 4 rings (SSSR count). The van der Waals surface area contributed by atoms with Crippen LogP contribution in [0.5, 0.6) is 0 Å². The number of rotatable bonds is 2. The van der Waals surface area contributed by atoms with Crippen molar-refractivity contribution in [2.24, 2.45) is 12.5 Å². The smallest absolute Gasteiger partial charge is 0.264 e. The van der Waals surface area contributed by atoms with Gasteiger partial charge in [-0.15, -0.1) is 0 Å². The van der Waals surface area contributed by atoms with E-state index in [0.29, 0.717) is 17.6 Å². The molecule has 0 radical (unpaired) electrons. The van der Waals surface area contributed by atoms with E-state index in [1.165, 1.54) is 16.7 Å². The SMILES string of the molecule is C[C@H]1CC2(CCN(c3nc(N)c(-c4cccc(F)c4)c(=O)n3C)CC2)CO1. The number of benzene rings is 1. The summed E-state index contributed by atoms with van der Waals surface area (Å²) in [7, 11) is 1.69. The largest absolute Gasteiger partial charge is 0.383 e. The molecule has 6 nitrogen and oxygen atoms in total. The molecule has 2 aliphatic rings. The van der Waals surface area contributed by atoms with E-state index < -0.39 is 5.82 Å². The zero-order valence-electron chi connectivity index (χ0n) is 15.7. The predicted molar refractivity (Wildman–Crippen MR) is 103 cm³/mol. The monoisotopic (exact) mass is 372 g/mol. The Morgan fingerprint density at radius 3 is 2.70 bits per heavy atom. The van der Waals surface area contributed by atoms with Gasteiger partial charge in [-0.1, -0.05) is 12.1 Å². The van der Waals surface area contributed by atoms with Gasteiger partial charge < -0.3 is 15.4 Å². The number of halogens is 1. The van der Waals surface area contributed by atoms with Crippen LogP contribution in [0.25, 0.3) is 11.1 Å². The minimum atomic E-state index is -0.410. The molecule has 0 aliphatic carbocycles. The Morgan fingerprint density at radius 2 is 2.07 bits per heavy atom. The molecule has 0 amide bonds. The number of ether oxygens (including phenoxy) is 1. The third-order valence-electron chi connectivity index (χ3n) is 5.91. The van der Waals surface area contributed by atoms with Crippen molar-refractivity contribution in [3.8, 4) is 11.1 Å². The van der Waals surface area contributed by atoms with Crippen molar-refractivity contribution < 1.29 is 9.13 Å². The summed E-state index contributed by atoms with van der Waals surface area (Å²) < 4.78 is 20.9. The topological polar surface area (TPSA) is 73.4 Å². The minimum Gasteiger partial charge on any atom is -0.383 e. The number of hydrogen-bond acceptors (Lipinski definition) is 5. The highest BCUT2D eigenvalue weighted by Crippen LogP contribution is 2.42. The second-order valence-corrected chi connectivity index (χ2v) is 7.86. The van der Waals surface area contributed by atoms with Crippen LogP contribution in [0.2, 0.25) is 0 Å². The highest BCUT2D eigenvalue weighted by atomic mass is 19.1. The highest BCUT2D eigenvalue weighted by Gasteiger charge is 2.41. The summed E-state index contributed by atoms with van der Waals surface area (Å²) in [5, 5.41) is 0. The van der Waals surface area contributed by atoms with Crippen molar-refractivity contribution in [1.29, 1.82) is 0 Å². The first-order valence-corrected chi connectivity index (χ1v) is 9.38. The van der Waals surface area contributed by atoms with E-state index in [0.717, 1.165) is 39.0 Å². The number of aromatic nitrogens is 2. The lowest BCUT2D eigenvalue weighted by Crippen LogP contribution is -2.43. The normalized spacial score (nSPS) is 21.7. The molecule has 2 aliphatic heterocycles. The van der Waals surface area contributed by atoms with Crippen LogP contribution < -0.4 is 16.2 Å². The molecule has 0 bridgehead atoms. The number of hydrogen-bond donors (Lipinski definition) is 1. The lowest BCUT2D eigenvalue weighted by atomic mass is 9.77. The van der Waals surface area contributed by atoms with Gasteiger partial charge in [0.15, 0.2) is 0 Å². The quantitative estimate of drug-likeness (QED) is 0.877. The maximum atomic E-state index is 13.6. The summed E-state index contributed by atoms with van der Waals surface area (Å²) >= 11 is 0. The first-order valence-electron chi connectivity index (χ1n) is 9.38. The van der Waals surface area contributed by atoms with Crippen LogP contribution in [0, 0.1) is 11.2 Å². The average Bonchev–Trinajstić information content (AvgIpc) is 2.99. The molecule has 1 spiro atoms. The van der Waals surface area contributed by atoms with Crippen molar-refractivity contribution in [2.75, 3.05) is 30.3 Å². The van der Waals surface area contributed by atoms with Crippen LogP contribution >= 0.6 is 0 Å². The molecule has 3 heterocycles. The fourth-order valence-electron chi connectivity index (χ4n) is 4.38. The molecule has 0 unspecified atom stereocenters. The number of nitrogens with two attached hydrogens (primary N) is 1. The van der Waals surface area contributed by atoms with E-state index in [-0.39, 0.29) is 22.4 Å². The zero-order chi connectivity index (χ0) is 19.2. The van der Waals surface area contributed by atoms with E-state index in [9.17, 15) is 9.18 Å². The van der Waals surface area contributed by atoms with Crippen LogP contribution in [-0.4, -0.2) is 35.4 Å². The maximum absolute atomic E-state index is 13.6. The van der Waals surface area contributed by atoms with Gasteiger partial charge in [0.1, 0.15) is 11.6 Å². The Morgan fingerprint density at radius 1 is 1.33 bits per heavy atom. The van der Waals surface area contributed by atoms with Crippen LogP contribution in [0.1, 0.15) is 26.2 Å². The van der Waals surface area contributed by atoms with Crippen molar-refractivity contribution in [3.63, 3.8) is 0 Å². The molecule has 2 fully saturated rings. The van der Waals surface area contributed by atoms with Gasteiger partial charge in [-0.25, -0.2) is 4.39 Å². The van der Waals surface area contributed by atoms with Crippen molar-refractivity contribution in [3.05, 3.63) is 40.4 Å². The Labute approximate surface area is 157 Å². The highest BCUT2D eigenvalue weighted by molar-refractivity contribution is 5.73. The van der Waals surface area contributed by atoms with Gasteiger partial charge >= 0.3 is 0 Å². The van der Waals surface area contributed by atoms with Gasteiger partial charge in [0.2, 0.25) is 5.95 Å². The molecular formula is C20H25FN4O2. The molecule has 2 N–H and O–H groups in total. The van der Waals surface area contributed by atoms with Gasteiger partial charge in [-0.05, 0) is 49.3 Å². The third kappa shape index (κ3) is 3.20. The summed E-state index contributed by atoms with van der Waals surface area (Å²) in [4.78, 5) is 19.5. The molecule has 144 valence electrons. The van der Waals surface area contributed by atoms with Gasteiger partial charge in [0.05, 0.1) is 18.3 Å². The second kappa shape index (κ2) is 6.64. The molecule has 1 atom stereocenters. The van der Waals surface area contributed by atoms with Crippen LogP contribution in [0.4, 0.5) is 16.2 Å². The molecule has 7 heteroatoms. The predicted octanol–water partition coefficient (Wildman–Crippen LogP) is 2.56. The number of nitrogen functional groups attached to an aromatic ring is 1. The summed E-state index contributed by atoms with van der Waals surface area (Å²) in [5.74, 6) is 0.295. The van der Waals surface area contributed by atoms with E-state index in [1.54, 1.807) is 19.2 Å². The zero-order valence-corrected chi connectivity index (χ0v) is 15.7. The molecule has 1 aromatic heterocycles. The Bertz CT molecular complexity index is 919. The fraction of sp³-hybridized carbons (Fsp3) is 0.500. The summed E-state index contributed by atoms with van der Waals surface area (Å²) in [5.41, 5.74) is 6.80. The van der Waals surface area contributed by atoms with Gasteiger partial charge in [-0.2, -0.15) is 4.98 Å².